The molecule has 2 rings (SSSR count). The number of nitrogens with one attached hydrogen (secondary N) is 1. The van der Waals surface area contributed by atoms with Gasteiger partial charge < -0.3 is 10.1 Å². The van der Waals surface area contributed by atoms with Crippen LogP contribution in [0.1, 0.15) is 43.2 Å². The van der Waals surface area contributed by atoms with Crippen molar-refractivity contribution in [2.45, 2.75) is 50.6 Å². The Kier molecular flexibility index (Phi) is 4.52. The summed E-state index contributed by atoms with van der Waals surface area (Å²) in [5.74, 6) is -0.140. The van der Waals surface area contributed by atoms with Crippen molar-refractivity contribution in [1.82, 2.24) is 0 Å². The molecular weight excluding hydrogens is 340 g/mol. The molecule has 0 unspecified atom stereocenters. The molecule has 1 aromatic rings. The van der Waals surface area contributed by atoms with Crippen LogP contribution in [0.5, 0.6) is 0 Å². The van der Waals surface area contributed by atoms with Gasteiger partial charge in [-0.1, -0.05) is 22.9 Å². The second-order valence-corrected chi connectivity index (χ2v) is 7.67. The summed E-state index contributed by atoms with van der Waals surface area (Å²) < 4.78 is 5.89. The van der Waals surface area contributed by atoms with Gasteiger partial charge in [-0.3, -0.25) is 4.79 Å². The topological polar surface area (TPSA) is 62.1 Å². The van der Waals surface area contributed by atoms with Crippen LogP contribution in [0.2, 0.25) is 0 Å². The van der Waals surface area contributed by atoms with Crippen LogP contribution in [0, 0.1) is 11.3 Å². The first-order chi connectivity index (χ1) is 9.40. The lowest BCUT2D eigenvalue weighted by molar-refractivity contribution is -0.115. The first-order valence-electron chi connectivity index (χ1n) is 6.53. The third-order valence-corrected chi connectivity index (χ3v) is 5.19. The van der Waals surface area contributed by atoms with Crippen LogP contribution in [0.4, 0.5) is 5.00 Å². The number of alkyl halides is 1. The number of fused-ring (bicyclic) bond motifs is 1. The number of carbonyl (C=O) groups excluding carboxylic acids is 1. The van der Waals surface area contributed by atoms with E-state index in [4.69, 9.17) is 4.74 Å². The Morgan fingerprint density at radius 3 is 2.95 bits per heavy atom. The Balaban J connectivity index is 2.35. The maximum atomic E-state index is 11.8. The van der Waals surface area contributed by atoms with E-state index >= 15 is 0 Å². The van der Waals surface area contributed by atoms with Crippen LogP contribution in [0.25, 0.3) is 0 Å². The summed E-state index contributed by atoms with van der Waals surface area (Å²) in [6, 6.07) is 2.23. The molecule has 108 valence electrons. The highest BCUT2D eigenvalue weighted by Gasteiger charge is 2.33. The average molecular weight is 357 g/mol. The SMILES string of the molecule is CC[C@@]1(C)Cc2c(sc(NC(=O)[C@@H](C)Br)c2C#N)CO1. The molecule has 1 aliphatic heterocycles. The van der Waals surface area contributed by atoms with Crippen molar-refractivity contribution in [1.29, 1.82) is 5.26 Å². The van der Waals surface area contributed by atoms with E-state index < -0.39 is 0 Å². The van der Waals surface area contributed by atoms with Gasteiger partial charge in [0.15, 0.2) is 0 Å². The van der Waals surface area contributed by atoms with Gasteiger partial charge in [0, 0.05) is 11.3 Å². The molecule has 4 nitrogen and oxygen atoms in total. The fourth-order valence-electron chi connectivity index (χ4n) is 2.13. The van der Waals surface area contributed by atoms with Crippen LogP contribution in [0.3, 0.4) is 0 Å². The second kappa shape index (κ2) is 5.84. The highest BCUT2D eigenvalue weighted by Crippen LogP contribution is 2.41. The van der Waals surface area contributed by atoms with Gasteiger partial charge in [0.05, 0.1) is 22.6 Å². The zero-order chi connectivity index (χ0) is 14.9. The normalized spacial score (nSPS) is 22.8. The summed E-state index contributed by atoms with van der Waals surface area (Å²) in [5, 5.41) is 12.9. The molecule has 1 aromatic heterocycles. The summed E-state index contributed by atoms with van der Waals surface area (Å²) in [6.07, 6.45) is 1.62. The Hall–Kier alpha value is -0.900. The van der Waals surface area contributed by atoms with Gasteiger partial charge in [-0.25, -0.2) is 0 Å². The molecule has 6 heteroatoms. The molecule has 0 saturated carbocycles. The van der Waals surface area contributed by atoms with E-state index in [0.717, 1.165) is 23.3 Å². The van der Waals surface area contributed by atoms with Crippen molar-refractivity contribution >= 4 is 38.2 Å². The van der Waals surface area contributed by atoms with Gasteiger partial charge in [-0.2, -0.15) is 5.26 Å². The minimum absolute atomic E-state index is 0.140. The van der Waals surface area contributed by atoms with Crippen molar-refractivity contribution in [2.24, 2.45) is 0 Å². The number of carbonyl (C=O) groups is 1. The van der Waals surface area contributed by atoms with Gasteiger partial charge >= 0.3 is 0 Å². The Labute approximate surface area is 131 Å². The summed E-state index contributed by atoms with van der Waals surface area (Å²) in [5.41, 5.74) is 1.41. The summed E-state index contributed by atoms with van der Waals surface area (Å²) >= 11 is 4.67. The van der Waals surface area contributed by atoms with Crippen molar-refractivity contribution in [2.75, 3.05) is 5.32 Å². The minimum Gasteiger partial charge on any atom is -0.369 e. The molecular formula is C14H17BrN2O2S. The van der Waals surface area contributed by atoms with E-state index in [1.807, 2.05) is 0 Å². The van der Waals surface area contributed by atoms with E-state index in [9.17, 15) is 10.1 Å². The van der Waals surface area contributed by atoms with E-state index in [1.54, 1.807) is 6.92 Å². The molecule has 0 radical (unpaired) electrons. The van der Waals surface area contributed by atoms with Crippen molar-refractivity contribution in [3.05, 3.63) is 16.0 Å². The fraction of sp³-hybridized carbons (Fsp3) is 0.571. The lowest BCUT2D eigenvalue weighted by Gasteiger charge is -2.32. The number of ether oxygens (including phenoxy) is 1. The van der Waals surface area contributed by atoms with Gasteiger partial charge in [-0.05, 0) is 25.8 Å². The monoisotopic (exact) mass is 356 g/mol. The van der Waals surface area contributed by atoms with Crippen molar-refractivity contribution < 1.29 is 9.53 Å². The molecule has 20 heavy (non-hydrogen) atoms. The Morgan fingerprint density at radius 1 is 1.70 bits per heavy atom. The predicted molar refractivity (Wildman–Crippen MR) is 83.2 cm³/mol. The quantitative estimate of drug-likeness (QED) is 0.841. The summed E-state index contributed by atoms with van der Waals surface area (Å²) in [4.78, 5) is 12.5. The van der Waals surface area contributed by atoms with Crippen molar-refractivity contribution in [3.63, 3.8) is 0 Å². The molecule has 0 saturated heterocycles. The van der Waals surface area contributed by atoms with Crippen LogP contribution in [-0.2, 0) is 22.6 Å². The number of halogens is 1. The maximum Gasteiger partial charge on any atom is 0.238 e. The van der Waals surface area contributed by atoms with Crippen LogP contribution in [-0.4, -0.2) is 16.3 Å². The zero-order valence-corrected chi connectivity index (χ0v) is 14.2. The Bertz CT molecular complexity index is 576. The highest BCUT2D eigenvalue weighted by atomic mass is 79.9. The largest absolute Gasteiger partial charge is 0.369 e. The number of nitriles is 1. The lowest BCUT2D eigenvalue weighted by Crippen LogP contribution is -2.34. The lowest BCUT2D eigenvalue weighted by atomic mass is 9.90. The van der Waals surface area contributed by atoms with E-state index in [1.165, 1.54) is 11.3 Å². The predicted octanol–water partition coefficient (Wildman–Crippen LogP) is 3.58. The Morgan fingerprint density at radius 2 is 2.40 bits per heavy atom. The van der Waals surface area contributed by atoms with Gasteiger partial charge in [0.2, 0.25) is 5.91 Å². The number of rotatable bonds is 3. The third kappa shape index (κ3) is 2.90. The second-order valence-electron chi connectivity index (χ2n) is 5.19. The van der Waals surface area contributed by atoms with Gasteiger partial charge in [-0.15, -0.1) is 11.3 Å². The van der Waals surface area contributed by atoms with Gasteiger partial charge in [0.1, 0.15) is 11.1 Å². The molecule has 1 aliphatic rings. The zero-order valence-electron chi connectivity index (χ0n) is 11.7. The number of amides is 1. The van der Waals surface area contributed by atoms with Crippen LogP contribution in [0.15, 0.2) is 0 Å². The summed E-state index contributed by atoms with van der Waals surface area (Å²) in [7, 11) is 0. The van der Waals surface area contributed by atoms with Crippen LogP contribution < -0.4 is 5.32 Å². The number of nitrogens with zero attached hydrogens (tertiary/aromatic N) is 1. The molecule has 0 aliphatic carbocycles. The average Bonchev–Trinajstić information content (AvgIpc) is 2.74. The standard InChI is InChI=1S/C14H17BrN2O2S/c1-4-14(3)5-9-10(6-16)13(17-12(18)8(2)15)20-11(9)7-19-14/h8H,4-5,7H2,1-3H3,(H,17,18)/t8-,14+/m1/s1. The maximum absolute atomic E-state index is 11.8. The molecule has 1 amide bonds. The molecule has 0 bridgehead atoms. The molecule has 2 heterocycles. The van der Waals surface area contributed by atoms with E-state index in [2.05, 4.69) is 41.2 Å². The van der Waals surface area contributed by atoms with Crippen molar-refractivity contribution in [3.8, 4) is 6.07 Å². The third-order valence-electron chi connectivity index (χ3n) is 3.65. The molecule has 0 aromatic carbocycles. The highest BCUT2D eigenvalue weighted by molar-refractivity contribution is 9.10. The van der Waals surface area contributed by atoms with E-state index in [0.29, 0.717) is 17.2 Å². The van der Waals surface area contributed by atoms with E-state index in [-0.39, 0.29) is 16.3 Å². The molecule has 2 atom stereocenters. The summed E-state index contributed by atoms with van der Waals surface area (Å²) in [6.45, 7) is 6.41. The number of hydrogen-bond donors (Lipinski definition) is 1. The molecule has 0 fully saturated rings. The fourth-order valence-corrected chi connectivity index (χ4v) is 3.32. The molecule has 0 spiro atoms. The molecule has 1 N–H and O–H groups in total. The van der Waals surface area contributed by atoms with Gasteiger partial charge in [0.25, 0.3) is 0 Å². The number of thiophene rings is 1. The minimum atomic E-state index is -0.287. The number of anilines is 1. The van der Waals surface area contributed by atoms with Crippen LogP contribution >= 0.6 is 27.3 Å². The first kappa shape index (κ1) is 15.5. The smallest absolute Gasteiger partial charge is 0.238 e. The number of hydrogen-bond acceptors (Lipinski definition) is 4. The first-order valence-corrected chi connectivity index (χ1v) is 8.27.